The molecule has 1 aliphatic rings. The van der Waals surface area contributed by atoms with Crippen LogP contribution in [0, 0.1) is 11.7 Å². The third-order valence-electron chi connectivity index (χ3n) is 7.18. The van der Waals surface area contributed by atoms with E-state index in [4.69, 9.17) is 5.11 Å². The molecule has 0 spiro atoms. The third-order valence-corrected chi connectivity index (χ3v) is 7.18. The maximum Gasteiger partial charge on any atom is 0.303 e. The number of carboxylic acids is 1. The van der Waals surface area contributed by atoms with E-state index >= 15 is 0 Å². The van der Waals surface area contributed by atoms with E-state index in [1.807, 2.05) is 29.0 Å². The molecule has 3 aromatic carbocycles. The van der Waals surface area contributed by atoms with Gasteiger partial charge in [-0.3, -0.25) is 9.59 Å². The van der Waals surface area contributed by atoms with Gasteiger partial charge in [-0.05, 0) is 66.5 Å². The molecule has 4 aromatic rings. The summed E-state index contributed by atoms with van der Waals surface area (Å²) in [4.78, 5) is 24.2. The second kappa shape index (κ2) is 10.4. The summed E-state index contributed by atoms with van der Waals surface area (Å²) in [6.45, 7) is 0.516. The van der Waals surface area contributed by atoms with Crippen LogP contribution in [-0.2, 0) is 11.3 Å². The number of hydrogen-bond donors (Lipinski definition) is 2. The molecule has 5 nitrogen and oxygen atoms in total. The Morgan fingerprint density at radius 3 is 2.28 bits per heavy atom. The highest BCUT2D eigenvalue weighted by molar-refractivity contribution is 6.06. The highest BCUT2D eigenvalue weighted by atomic mass is 19.1. The van der Waals surface area contributed by atoms with Gasteiger partial charge in [-0.25, -0.2) is 4.39 Å². The summed E-state index contributed by atoms with van der Waals surface area (Å²) in [6, 6.07) is 23.0. The second-order valence-corrected chi connectivity index (χ2v) is 9.65. The van der Waals surface area contributed by atoms with Crippen LogP contribution in [0.1, 0.15) is 48.0 Å². The zero-order valence-electron chi connectivity index (χ0n) is 20.0. The molecule has 0 unspecified atom stereocenters. The Morgan fingerprint density at radius 2 is 1.58 bits per heavy atom. The average molecular weight is 485 g/mol. The first-order valence-electron chi connectivity index (χ1n) is 12.4. The number of aliphatic carboxylic acids is 1. The maximum atomic E-state index is 14.6. The van der Waals surface area contributed by atoms with Crippen LogP contribution >= 0.6 is 0 Å². The highest BCUT2D eigenvalue weighted by Crippen LogP contribution is 2.29. The van der Waals surface area contributed by atoms with Crippen molar-refractivity contribution in [2.45, 2.75) is 44.7 Å². The number of nitrogens with zero attached hydrogens (tertiary/aromatic N) is 1. The van der Waals surface area contributed by atoms with Gasteiger partial charge in [0.05, 0.1) is 11.1 Å². The fourth-order valence-corrected chi connectivity index (χ4v) is 5.26. The number of aromatic nitrogens is 1. The molecule has 1 aromatic heterocycles. The fraction of sp³-hybridized carbons (Fsp3) is 0.267. The van der Waals surface area contributed by atoms with E-state index in [2.05, 4.69) is 41.7 Å². The molecule has 1 heterocycles. The van der Waals surface area contributed by atoms with Crippen molar-refractivity contribution >= 4 is 22.8 Å². The molecule has 36 heavy (non-hydrogen) atoms. The molecule has 0 bridgehead atoms. The van der Waals surface area contributed by atoms with Crippen molar-refractivity contribution in [1.82, 2.24) is 9.88 Å². The van der Waals surface area contributed by atoms with Crippen molar-refractivity contribution in [3.05, 3.63) is 95.9 Å². The van der Waals surface area contributed by atoms with Gasteiger partial charge in [-0.15, -0.1) is 0 Å². The molecular formula is C30H29FN2O3. The quantitative estimate of drug-likeness (QED) is 0.325. The Bertz CT molecular complexity index is 1370. The number of carbonyl (C=O) groups excluding carboxylic acids is 1. The lowest BCUT2D eigenvalue weighted by Gasteiger charge is -2.28. The number of halogens is 1. The van der Waals surface area contributed by atoms with Crippen molar-refractivity contribution < 1.29 is 19.1 Å². The van der Waals surface area contributed by atoms with Crippen LogP contribution in [0.4, 0.5) is 4.39 Å². The summed E-state index contributed by atoms with van der Waals surface area (Å²) in [5, 5.41) is 12.6. The van der Waals surface area contributed by atoms with Gasteiger partial charge in [-0.2, -0.15) is 0 Å². The van der Waals surface area contributed by atoms with E-state index in [-0.39, 0.29) is 30.1 Å². The van der Waals surface area contributed by atoms with E-state index in [0.717, 1.165) is 42.4 Å². The minimum absolute atomic E-state index is 0.00316. The summed E-state index contributed by atoms with van der Waals surface area (Å²) in [5.74, 6) is -1.18. The molecule has 1 saturated carbocycles. The van der Waals surface area contributed by atoms with Crippen LogP contribution in [0.2, 0.25) is 0 Å². The molecule has 6 heteroatoms. The summed E-state index contributed by atoms with van der Waals surface area (Å²) >= 11 is 0. The predicted molar refractivity (Wildman–Crippen MR) is 138 cm³/mol. The fourth-order valence-electron chi connectivity index (χ4n) is 5.26. The van der Waals surface area contributed by atoms with Gasteiger partial charge in [0.2, 0.25) is 0 Å². The molecule has 0 radical (unpaired) electrons. The Balaban J connectivity index is 1.34. The summed E-state index contributed by atoms with van der Waals surface area (Å²) in [6.07, 6.45) is 5.08. The van der Waals surface area contributed by atoms with Crippen molar-refractivity contribution in [1.29, 1.82) is 0 Å². The van der Waals surface area contributed by atoms with Gasteiger partial charge in [0.25, 0.3) is 5.91 Å². The minimum atomic E-state index is -0.772. The Hall–Kier alpha value is -3.93. The zero-order chi connectivity index (χ0) is 25.1. The van der Waals surface area contributed by atoms with Crippen LogP contribution in [0.3, 0.4) is 0 Å². The zero-order valence-corrected chi connectivity index (χ0v) is 20.0. The minimum Gasteiger partial charge on any atom is -0.481 e. The van der Waals surface area contributed by atoms with Crippen LogP contribution in [0.15, 0.2) is 79.0 Å². The molecule has 5 rings (SSSR count). The first-order valence-corrected chi connectivity index (χ1v) is 12.4. The summed E-state index contributed by atoms with van der Waals surface area (Å²) in [5.41, 5.74) is 4.36. The molecule has 1 fully saturated rings. The van der Waals surface area contributed by atoms with Crippen LogP contribution in [-0.4, -0.2) is 27.6 Å². The SMILES string of the molecule is O=C(O)CC1CCC(NC(=O)c2ccc(F)c3ccn(Cc4ccc(-c5ccccc5)cc4)c23)CC1. The number of hydrogen-bond acceptors (Lipinski definition) is 2. The first-order chi connectivity index (χ1) is 17.5. The number of benzene rings is 3. The molecule has 0 atom stereocenters. The topological polar surface area (TPSA) is 71.3 Å². The smallest absolute Gasteiger partial charge is 0.303 e. The van der Waals surface area contributed by atoms with Crippen molar-refractivity contribution in [3.63, 3.8) is 0 Å². The number of amides is 1. The van der Waals surface area contributed by atoms with Gasteiger partial charge in [0.1, 0.15) is 5.82 Å². The number of fused-ring (bicyclic) bond motifs is 1. The van der Waals surface area contributed by atoms with E-state index in [0.29, 0.717) is 23.0 Å². The molecule has 1 amide bonds. The van der Waals surface area contributed by atoms with Crippen molar-refractivity contribution in [3.8, 4) is 11.1 Å². The van der Waals surface area contributed by atoms with E-state index in [1.54, 1.807) is 12.1 Å². The monoisotopic (exact) mass is 484 g/mol. The molecule has 184 valence electrons. The Labute approximate surface area is 209 Å². The second-order valence-electron chi connectivity index (χ2n) is 9.65. The lowest BCUT2D eigenvalue weighted by atomic mass is 9.84. The maximum absolute atomic E-state index is 14.6. The number of rotatable bonds is 7. The van der Waals surface area contributed by atoms with Gasteiger partial charge in [-0.1, -0.05) is 54.6 Å². The standard InChI is InChI=1S/C30H29FN2O3/c31-27-15-14-26(30(36)32-24-12-8-20(9-13-24)18-28(34)35)29-25(27)16-17-33(29)19-21-6-10-23(11-7-21)22-4-2-1-3-5-22/h1-7,10-11,14-17,20,24H,8-9,12-13,18-19H2,(H,32,36)(H,34,35). The molecule has 0 saturated heterocycles. The molecule has 1 aliphatic carbocycles. The summed E-state index contributed by atoms with van der Waals surface area (Å²) < 4.78 is 16.6. The van der Waals surface area contributed by atoms with Gasteiger partial charge < -0.3 is 15.0 Å². The number of carboxylic acid groups (broad SMARTS) is 1. The normalized spacial score (nSPS) is 17.7. The molecule has 0 aliphatic heterocycles. The van der Waals surface area contributed by atoms with Crippen LogP contribution in [0.5, 0.6) is 0 Å². The number of nitrogens with one attached hydrogen (secondary N) is 1. The van der Waals surface area contributed by atoms with Gasteiger partial charge in [0, 0.05) is 30.6 Å². The summed E-state index contributed by atoms with van der Waals surface area (Å²) in [7, 11) is 0. The third kappa shape index (κ3) is 5.18. The Morgan fingerprint density at radius 1 is 0.889 bits per heavy atom. The van der Waals surface area contributed by atoms with Crippen molar-refractivity contribution in [2.75, 3.05) is 0 Å². The van der Waals surface area contributed by atoms with E-state index < -0.39 is 5.97 Å². The van der Waals surface area contributed by atoms with Crippen LogP contribution < -0.4 is 5.32 Å². The Kier molecular flexibility index (Phi) is 6.85. The molecular weight excluding hydrogens is 455 g/mol. The first kappa shape index (κ1) is 23.8. The largest absolute Gasteiger partial charge is 0.481 e. The average Bonchev–Trinajstić information content (AvgIpc) is 3.30. The molecule has 2 N–H and O–H groups in total. The van der Waals surface area contributed by atoms with Crippen molar-refractivity contribution in [2.24, 2.45) is 5.92 Å². The van der Waals surface area contributed by atoms with Crippen LogP contribution in [0.25, 0.3) is 22.0 Å². The van der Waals surface area contributed by atoms with E-state index in [9.17, 15) is 14.0 Å². The lowest BCUT2D eigenvalue weighted by Crippen LogP contribution is -2.38. The van der Waals surface area contributed by atoms with E-state index in [1.165, 1.54) is 6.07 Å². The predicted octanol–water partition coefficient (Wildman–Crippen LogP) is 6.26. The van der Waals surface area contributed by atoms with Gasteiger partial charge in [0.15, 0.2) is 0 Å². The van der Waals surface area contributed by atoms with Gasteiger partial charge >= 0.3 is 5.97 Å². The lowest BCUT2D eigenvalue weighted by molar-refractivity contribution is -0.138. The highest BCUT2D eigenvalue weighted by Gasteiger charge is 2.25. The number of carbonyl (C=O) groups is 2.